The van der Waals surface area contributed by atoms with Gasteiger partial charge >= 0.3 is 0 Å². The highest BCUT2D eigenvalue weighted by atomic mass is 15.2. The van der Waals surface area contributed by atoms with Crippen LogP contribution in [0.5, 0.6) is 0 Å². The Kier molecular flexibility index (Phi) is 8.18. The third-order valence-corrected chi connectivity index (χ3v) is 10.6. The number of hydrogen-bond donors (Lipinski definition) is 0. The Morgan fingerprint density at radius 3 is 1.12 bits per heavy atom. The summed E-state index contributed by atoms with van der Waals surface area (Å²) in [5.74, 6) is 1.83. The molecule has 0 radical (unpaired) electrons. The van der Waals surface area contributed by atoms with Crippen LogP contribution >= 0.6 is 0 Å². The zero-order chi connectivity index (χ0) is 34.0. The highest BCUT2D eigenvalue weighted by molar-refractivity contribution is 7.00. The Labute approximate surface area is 289 Å². The average Bonchev–Trinajstić information content (AvgIpc) is 3.07. The number of anilines is 7. The molecular weight excluding hydrogens is 581 g/mol. The Balaban J connectivity index is 1.58. The molecule has 2 aliphatic rings. The lowest BCUT2D eigenvalue weighted by molar-refractivity contribution is 0.865. The van der Waals surface area contributed by atoms with Gasteiger partial charge in [-0.15, -0.1) is 0 Å². The fraction of sp³-hybridized carbons (Fsp3) is 0.318. The molecule has 0 aliphatic carbocycles. The normalized spacial score (nSPS) is 13.4. The van der Waals surface area contributed by atoms with E-state index < -0.39 is 0 Å². The molecule has 4 heteroatoms. The number of hydrogen-bond acceptors (Lipinski definition) is 3. The summed E-state index contributed by atoms with van der Waals surface area (Å²) in [6.45, 7) is 18.4. The van der Waals surface area contributed by atoms with Gasteiger partial charge in [0, 0.05) is 53.9 Å². The lowest BCUT2D eigenvalue weighted by atomic mass is 9.33. The molecule has 7 rings (SSSR count). The first-order valence-electron chi connectivity index (χ1n) is 17.9. The van der Waals surface area contributed by atoms with Gasteiger partial charge < -0.3 is 14.7 Å². The lowest BCUT2D eigenvalue weighted by Crippen LogP contribution is -2.61. The van der Waals surface area contributed by atoms with Crippen molar-refractivity contribution in [2.75, 3.05) is 28.8 Å². The number of benzene rings is 5. The lowest BCUT2D eigenvalue weighted by Gasteiger charge is -2.45. The minimum atomic E-state index is 0.121. The van der Waals surface area contributed by atoms with Gasteiger partial charge in [-0.1, -0.05) is 104 Å². The molecular formula is C44H50BN3. The van der Waals surface area contributed by atoms with Gasteiger partial charge in [0.25, 0.3) is 6.71 Å². The van der Waals surface area contributed by atoms with E-state index in [1.165, 1.54) is 78.5 Å². The quantitative estimate of drug-likeness (QED) is 0.162. The largest absolute Gasteiger partial charge is 0.378 e. The summed E-state index contributed by atoms with van der Waals surface area (Å²) in [6.07, 6.45) is 0. The first-order valence-corrected chi connectivity index (χ1v) is 17.9. The third kappa shape index (κ3) is 5.30. The van der Waals surface area contributed by atoms with Crippen LogP contribution in [0.1, 0.15) is 101 Å². The second-order valence-corrected chi connectivity index (χ2v) is 15.3. The van der Waals surface area contributed by atoms with E-state index in [2.05, 4.69) is 181 Å². The second-order valence-electron chi connectivity index (χ2n) is 15.3. The number of fused-ring (bicyclic) bond motifs is 4. The van der Waals surface area contributed by atoms with Crippen LogP contribution in [0.2, 0.25) is 0 Å². The molecule has 0 saturated carbocycles. The van der Waals surface area contributed by atoms with Crippen molar-refractivity contribution in [3.05, 3.63) is 119 Å². The van der Waals surface area contributed by atoms with Crippen LogP contribution in [0.25, 0.3) is 0 Å². The topological polar surface area (TPSA) is 9.72 Å². The fourth-order valence-electron chi connectivity index (χ4n) is 7.56. The van der Waals surface area contributed by atoms with E-state index in [1.54, 1.807) is 0 Å². The molecule has 2 aliphatic heterocycles. The summed E-state index contributed by atoms with van der Waals surface area (Å²) in [5, 5.41) is 0. The van der Waals surface area contributed by atoms with Crippen molar-refractivity contribution < 1.29 is 0 Å². The third-order valence-electron chi connectivity index (χ3n) is 10.6. The molecule has 0 aromatic heterocycles. The Hall–Kier alpha value is -4.44. The maximum atomic E-state index is 2.54. The molecule has 2 heterocycles. The predicted octanol–water partition coefficient (Wildman–Crippen LogP) is 10.3. The molecule has 5 aromatic rings. The van der Waals surface area contributed by atoms with Crippen LogP contribution in [-0.4, -0.2) is 20.8 Å². The summed E-state index contributed by atoms with van der Waals surface area (Å²) < 4.78 is 0. The summed E-state index contributed by atoms with van der Waals surface area (Å²) in [7, 11) is 4.33. The molecule has 0 amide bonds. The van der Waals surface area contributed by atoms with Crippen molar-refractivity contribution >= 4 is 62.9 Å². The van der Waals surface area contributed by atoms with E-state index in [9.17, 15) is 0 Å². The van der Waals surface area contributed by atoms with Gasteiger partial charge in [-0.3, -0.25) is 0 Å². The average molecular weight is 632 g/mol. The molecule has 0 N–H and O–H groups in total. The summed E-state index contributed by atoms with van der Waals surface area (Å²) in [5.41, 5.74) is 18.2. The van der Waals surface area contributed by atoms with Gasteiger partial charge in [-0.25, -0.2) is 0 Å². The van der Waals surface area contributed by atoms with Crippen LogP contribution in [-0.2, 0) is 0 Å². The van der Waals surface area contributed by atoms with Gasteiger partial charge in [0.15, 0.2) is 0 Å². The van der Waals surface area contributed by atoms with E-state index in [4.69, 9.17) is 0 Å². The molecule has 3 nitrogen and oxygen atoms in total. The fourth-order valence-corrected chi connectivity index (χ4v) is 7.56. The smallest absolute Gasteiger partial charge is 0.252 e. The van der Waals surface area contributed by atoms with Crippen LogP contribution < -0.4 is 31.1 Å². The molecule has 5 aromatic carbocycles. The minimum absolute atomic E-state index is 0.121. The molecule has 0 unspecified atom stereocenters. The van der Waals surface area contributed by atoms with Crippen molar-refractivity contribution in [3.63, 3.8) is 0 Å². The maximum absolute atomic E-state index is 2.54. The zero-order valence-electron chi connectivity index (χ0n) is 30.5. The molecule has 0 atom stereocenters. The Morgan fingerprint density at radius 1 is 0.438 bits per heavy atom. The van der Waals surface area contributed by atoms with Crippen LogP contribution in [0.3, 0.4) is 0 Å². The Morgan fingerprint density at radius 2 is 0.792 bits per heavy atom. The number of nitrogens with zero attached hydrogens (tertiary/aromatic N) is 3. The van der Waals surface area contributed by atoms with E-state index in [1.807, 2.05) is 0 Å². The predicted molar refractivity (Wildman–Crippen MR) is 211 cm³/mol. The highest BCUT2D eigenvalue weighted by Crippen LogP contribution is 2.46. The molecule has 0 fully saturated rings. The van der Waals surface area contributed by atoms with Crippen molar-refractivity contribution in [3.8, 4) is 0 Å². The maximum Gasteiger partial charge on any atom is 0.252 e. The van der Waals surface area contributed by atoms with Crippen molar-refractivity contribution in [1.29, 1.82) is 0 Å². The van der Waals surface area contributed by atoms with E-state index in [0.717, 1.165) is 0 Å². The zero-order valence-corrected chi connectivity index (χ0v) is 30.5. The summed E-state index contributed by atoms with van der Waals surface area (Å²) in [4.78, 5) is 7.34. The van der Waals surface area contributed by atoms with Gasteiger partial charge in [-0.2, -0.15) is 0 Å². The monoisotopic (exact) mass is 631 g/mol. The van der Waals surface area contributed by atoms with Crippen molar-refractivity contribution in [2.24, 2.45) is 0 Å². The van der Waals surface area contributed by atoms with Crippen LogP contribution in [0, 0.1) is 0 Å². The standard InChI is InChI=1S/C44H50BN3/c1-27(2)31-11-17-35(18-12-31)47-40-23-33(29(5)6)15-21-38(40)45-39-22-16-34(30(7)8)24-41(39)48(36-19-13-32(14-20-36)28(3)4)43-26-37(46(9)10)25-42(47)44(43)45/h11-30H,1-10H3. The highest BCUT2D eigenvalue weighted by Gasteiger charge is 2.44. The molecule has 244 valence electrons. The van der Waals surface area contributed by atoms with Gasteiger partial charge in [0.1, 0.15) is 0 Å². The van der Waals surface area contributed by atoms with Gasteiger partial charge in [0.2, 0.25) is 0 Å². The summed E-state index contributed by atoms with van der Waals surface area (Å²) >= 11 is 0. The first kappa shape index (κ1) is 32.1. The van der Waals surface area contributed by atoms with Crippen LogP contribution in [0.15, 0.2) is 97.1 Å². The summed E-state index contributed by atoms with van der Waals surface area (Å²) in [6, 6.07) is 37.9. The molecule has 0 saturated heterocycles. The second kappa shape index (κ2) is 12.2. The molecule has 48 heavy (non-hydrogen) atoms. The van der Waals surface area contributed by atoms with Gasteiger partial charge in [0.05, 0.1) is 0 Å². The molecule has 0 spiro atoms. The molecule has 0 bridgehead atoms. The van der Waals surface area contributed by atoms with E-state index in [0.29, 0.717) is 23.7 Å². The van der Waals surface area contributed by atoms with Crippen molar-refractivity contribution in [1.82, 2.24) is 0 Å². The minimum Gasteiger partial charge on any atom is -0.378 e. The van der Waals surface area contributed by atoms with E-state index >= 15 is 0 Å². The SMILES string of the molecule is CC(C)c1ccc(N2c3cc(C(C)C)ccc3B3c4ccc(C(C)C)cc4N(c4ccc(C(C)C)cc4)c4cc(N(C)C)cc2c43)cc1. The van der Waals surface area contributed by atoms with Crippen molar-refractivity contribution in [2.45, 2.75) is 79.1 Å². The number of rotatable bonds is 7. The van der Waals surface area contributed by atoms with Gasteiger partial charge in [-0.05, 0) is 111 Å². The van der Waals surface area contributed by atoms with Crippen LogP contribution in [0.4, 0.5) is 39.8 Å². The van der Waals surface area contributed by atoms with E-state index in [-0.39, 0.29) is 6.71 Å². The Bertz CT molecular complexity index is 1830. The first-order chi connectivity index (χ1) is 22.9.